The molecular weight excluding hydrogens is 389 g/mol. The number of ketones is 1. The number of benzene rings is 2. The Morgan fingerprint density at radius 3 is 2.43 bits per heavy atom. The van der Waals surface area contributed by atoms with Gasteiger partial charge in [0, 0.05) is 24.8 Å². The number of hydrogen-bond donors (Lipinski definition) is 1. The van der Waals surface area contributed by atoms with E-state index in [1.165, 1.54) is 30.2 Å². The molecule has 2 aromatic rings. The molecule has 1 amide bonds. The monoisotopic (exact) mass is 413 g/mol. The number of hydrogen-bond acceptors (Lipinski definition) is 5. The average Bonchev–Trinajstić information content (AvgIpc) is 3.01. The molecule has 1 aliphatic rings. The van der Waals surface area contributed by atoms with Gasteiger partial charge in [-0.15, -0.1) is 0 Å². The van der Waals surface area contributed by atoms with Gasteiger partial charge in [-0.1, -0.05) is 25.1 Å². The number of methoxy groups -OCH3 is 1. The number of ether oxygens (including phenoxy) is 2. The van der Waals surface area contributed by atoms with E-state index in [9.17, 15) is 19.1 Å². The topological polar surface area (TPSA) is 76.1 Å². The molecule has 1 N–H and O–H groups in total. The molecule has 3 rings (SSSR count). The summed E-state index contributed by atoms with van der Waals surface area (Å²) in [5.41, 5.74) is 0.325. The molecule has 1 atom stereocenters. The number of amides is 1. The number of nitrogens with zero attached hydrogens (tertiary/aromatic N) is 1. The molecule has 30 heavy (non-hydrogen) atoms. The Kier molecular flexibility index (Phi) is 6.84. The van der Waals surface area contributed by atoms with Crippen LogP contribution in [0.3, 0.4) is 0 Å². The zero-order chi connectivity index (χ0) is 21.7. The Balaban J connectivity index is 2.08. The van der Waals surface area contributed by atoms with E-state index >= 15 is 0 Å². The fourth-order valence-electron chi connectivity index (χ4n) is 3.40. The lowest BCUT2D eigenvalue weighted by Crippen LogP contribution is -2.33. The van der Waals surface area contributed by atoms with E-state index in [1.807, 2.05) is 6.92 Å². The summed E-state index contributed by atoms with van der Waals surface area (Å²) in [4.78, 5) is 26.7. The maximum atomic E-state index is 14.6. The van der Waals surface area contributed by atoms with Crippen LogP contribution in [0.2, 0.25) is 0 Å². The highest BCUT2D eigenvalue weighted by atomic mass is 19.1. The number of Topliss-reactive ketones (excluding diaryl/α,β-unsaturated/α-hetero) is 1. The number of carbonyl (C=O) groups is 2. The summed E-state index contributed by atoms with van der Waals surface area (Å²) < 4.78 is 25.2. The molecule has 1 saturated heterocycles. The second-order valence-electron chi connectivity index (χ2n) is 6.88. The number of rotatable bonds is 8. The SMILES string of the molecule is CCCOc1ccc(/C(O)=C2/C(=O)C(=O)N(CCOC)C2c2ccccc2F)cc1. The van der Waals surface area contributed by atoms with Crippen LogP contribution >= 0.6 is 0 Å². The van der Waals surface area contributed by atoms with E-state index in [4.69, 9.17) is 9.47 Å². The third kappa shape index (κ3) is 4.21. The molecule has 1 aliphatic heterocycles. The van der Waals surface area contributed by atoms with E-state index in [-0.39, 0.29) is 30.0 Å². The lowest BCUT2D eigenvalue weighted by atomic mass is 9.95. The van der Waals surface area contributed by atoms with Crippen LogP contribution in [-0.2, 0) is 14.3 Å². The summed E-state index contributed by atoms with van der Waals surface area (Å²) >= 11 is 0. The van der Waals surface area contributed by atoms with Gasteiger partial charge in [-0.2, -0.15) is 0 Å². The Hall–Kier alpha value is -3.19. The molecule has 1 unspecified atom stereocenters. The Morgan fingerprint density at radius 1 is 1.10 bits per heavy atom. The molecule has 2 aromatic carbocycles. The summed E-state index contributed by atoms with van der Waals surface area (Å²) in [6, 6.07) is 11.4. The molecule has 0 saturated carbocycles. The molecule has 1 fully saturated rings. The van der Waals surface area contributed by atoms with E-state index in [1.54, 1.807) is 30.3 Å². The zero-order valence-corrected chi connectivity index (χ0v) is 16.9. The highest BCUT2D eigenvalue weighted by Crippen LogP contribution is 2.40. The van der Waals surface area contributed by atoms with Crippen LogP contribution in [0.1, 0.15) is 30.5 Å². The van der Waals surface area contributed by atoms with Gasteiger partial charge in [0.1, 0.15) is 17.3 Å². The predicted octanol–water partition coefficient (Wildman–Crippen LogP) is 3.68. The largest absolute Gasteiger partial charge is 0.507 e. The molecule has 7 heteroatoms. The van der Waals surface area contributed by atoms with Gasteiger partial charge in [-0.05, 0) is 36.8 Å². The van der Waals surface area contributed by atoms with Gasteiger partial charge in [0.2, 0.25) is 0 Å². The molecule has 0 aliphatic carbocycles. The van der Waals surface area contributed by atoms with Crippen molar-refractivity contribution in [3.63, 3.8) is 0 Å². The highest BCUT2D eigenvalue weighted by Gasteiger charge is 2.46. The van der Waals surface area contributed by atoms with Crippen molar-refractivity contribution < 1.29 is 28.6 Å². The Labute approximate surface area is 174 Å². The minimum Gasteiger partial charge on any atom is -0.507 e. The molecule has 0 spiro atoms. The Morgan fingerprint density at radius 2 is 1.80 bits per heavy atom. The van der Waals surface area contributed by atoms with Crippen LogP contribution < -0.4 is 4.74 Å². The molecule has 6 nitrogen and oxygen atoms in total. The van der Waals surface area contributed by atoms with Gasteiger partial charge in [-0.25, -0.2) is 4.39 Å². The second-order valence-corrected chi connectivity index (χ2v) is 6.88. The highest BCUT2D eigenvalue weighted by molar-refractivity contribution is 6.46. The van der Waals surface area contributed by atoms with E-state index in [0.717, 1.165) is 6.42 Å². The summed E-state index contributed by atoms with van der Waals surface area (Å²) in [6.07, 6.45) is 0.856. The molecule has 0 radical (unpaired) electrons. The van der Waals surface area contributed by atoms with Gasteiger partial charge in [0.05, 0.1) is 24.8 Å². The van der Waals surface area contributed by atoms with Crippen LogP contribution in [-0.4, -0.2) is 48.6 Å². The summed E-state index contributed by atoms with van der Waals surface area (Å²) in [5, 5.41) is 10.9. The van der Waals surface area contributed by atoms with Gasteiger partial charge < -0.3 is 19.5 Å². The van der Waals surface area contributed by atoms with Gasteiger partial charge in [0.25, 0.3) is 11.7 Å². The normalized spacial score (nSPS) is 18.1. The zero-order valence-electron chi connectivity index (χ0n) is 16.9. The van der Waals surface area contributed by atoms with Crippen molar-refractivity contribution in [1.29, 1.82) is 0 Å². The number of likely N-dealkylation sites (tertiary alicyclic amines) is 1. The molecule has 0 aromatic heterocycles. The molecule has 0 bridgehead atoms. The minimum absolute atomic E-state index is 0.0840. The van der Waals surface area contributed by atoms with Crippen molar-refractivity contribution in [2.45, 2.75) is 19.4 Å². The first kappa shape index (κ1) is 21.5. The number of carbonyl (C=O) groups excluding carboxylic acids is 2. The maximum absolute atomic E-state index is 14.6. The number of halogens is 1. The Bertz CT molecular complexity index is 954. The van der Waals surface area contributed by atoms with Crippen molar-refractivity contribution in [1.82, 2.24) is 4.90 Å². The van der Waals surface area contributed by atoms with Crippen LogP contribution in [0.25, 0.3) is 5.76 Å². The summed E-state index contributed by atoms with van der Waals surface area (Å²) in [7, 11) is 1.47. The van der Waals surface area contributed by atoms with Crippen molar-refractivity contribution in [2.24, 2.45) is 0 Å². The fraction of sp³-hybridized carbons (Fsp3) is 0.304. The third-order valence-corrected chi connectivity index (χ3v) is 4.88. The number of aliphatic hydroxyl groups excluding tert-OH is 1. The molecular formula is C23H24FNO5. The van der Waals surface area contributed by atoms with Crippen molar-refractivity contribution in [3.8, 4) is 5.75 Å². The van der Waals surface area contributed by atoms with Gasteiger partial charge in [0.15, 0.2) is 0 Å². The first-order valence-electron chi connectivity index (χ1n) is 9.74. The molecule has 1 heterocycles. The summed E-state index contributed by atoms with van der Waals surface area (Å²) in [5.74, 6) is -1.96. The first-order chi connectivity index (χ1) is 14.5. The van der Waals surface area contributed by atoms with Crippen LogP contribution in [0, 0.1) is 5.82 Å². The van der Waals surface area contributed by atoms with Gasteiger partial charge in [-0.3, -0.25) is 9.59 Å². The third-order valence-electron chi connectivity index (χ3n) is 4.88. The van der Waals surface area contributed by atoms with Crippen LogP contribution in [0.15, 0.2) is 54.1 Å². The standard InChI is InChI=1S/C23H24FNO5/c1-3-13-30-16-10-8-15(9-11-16)21(26)19-20(17-6-4-5-7-18(17)24)25(12-14-29-2)23(28)22(19)27/h4-11,20,26H,3,12-14H2,1-2H3/b21-19-. The van der Waals surface area contributed by atoms with Crippen LogP contribution in [0.5, 0.6) is 5.75 Å². The quantitative estimate of drug-likeness (QED) is 0.406. The second kappa shape index (κ2) is 9.54. The lowest BCUT2D eigenvalue weighted by Gasteiger charge is -2.25. The first-order valence-corrected chi connectivity index (χ1v) is 9.74. The smallest absolute Gasteiger partial charge is 0.295 e. The fourth-order valence-corrected chi connectivity index (χ4v) is 3.40. The van der Waals surface area contributed by atoms with E-state index in [2.05, 4.69) is 0 Å². The average molecular weight is 413 g/mol. The minimum atomic E-state index is -1.04. The van der Waals surface area contributed by atoms with Crippen molar-refractivity contribution >= 4 is 17.4 Å². The van der Waals surface area contributed by atoms with E-state index in [0.29, 0.717) is 17.9 Å². The van der Waals surface area contributed by atoms with Gasteiger partial charge >= 0.3 is 0 Å². The van der Waals surface area contributed by atoms with Crippen molar-refractivity contribution in [2.75, 3.05) is 26.9 Å². The van der Waals surface area contributed by atoms with Crippen LogP contribution in [0.4, 0.5) is 4.39 Å². The predicted molar refractivity (Wildman–Crippen MR) is 110 cm³/mol. The number of aliphatic hydroxyl groups is 1. The van der Waals surface area contributed by atoms with Crippen molar-refractivity contribution in [3.05, 3.63) is 71.0 Å². The molecule has 158 valence electrons. The summed E-state index contributed by atoms with van der Waals surface area (Å²) in [6.45, 7) is 2.80. The van der Waals surface area contributed by atoms with E-state index < -0.39 is 23.5 Å². The maximum Gasteiger partial charge on any atom is 0.295 e. The lowest BCUT2D eigenvalue weighted by molar-refractivity contribution is -0.140.